The fourth-order valence-corrected chi connectivity index (χ4v) is 1.39. The maximum Gasteiger partial charge on any atom is 0.227 e. The first-order valence-electron chi connectivity index (χ1n) is 4.82. The highest BCUT2D eigenvalue weighted by Gasteiger charge is 2.11. The standard InChI is InChI=1S/C12H10N2O2/c1-9(15)14-6-4-11(8-14)12(16)10-3-2-5-13-7-10/h2-8H,1H3. The molecular formula is C12H10N2O2. The summed E-state index contributed by atoms with van der Waals surface area (Å²) in [6.07, 6.45) is 6.22. The first kappa shape index (κ1) is 10.3. The number of rotatable bonds is 2. The number of hydrogen-bond donors (Lipinski definition) is 0. The summed E-state index contributed by atoms with van der Waals surface area (Å²) in [5, 5.41) is 0. The van der Waals surface area contributed by atoms with Crippen LogP contribution < -0.4 is 0 Å². The predicted octanol–water partition coefficient (Wildman–Crippen LogP) is 1.77. The second-order valence-electron chi connectivity index (χ2n) is 3.40. The monoisotopic (exact) mass is 214 g/mol. The molecule has 2 aromatic rings. The van der Waals surface area contributed by atoms with Crippen molar-refractivity contribution >= 4 is 11.7 Å². The second-order valence-corrected chi connectivity index (χ2v) is 3.40. The quantitative estimate of drug-likeness (QED) is 0.716. The van der Waals surface area contributed by atoms with Gasteiger partial charge in [-0.1, -0.05) is 0 Å². The van der Waals surface area contributed by atoms with Gasteiger partial charge in [-0.2, -0.15) is 0 Å². The van der Waals surface area contributed by atoms with Crippen LogP contribution in [0.15, 0.2) is 43.0 Å². The minimum absolute atomic E-state index is 0.120. The third kappa shape index (κ3) is 1.91. The molecule has 0 N–H and O–H groups in total. The zero-order valence-corrected chi connectivity index (χ0v) is 8.75. The Bertz CT molecular complexity index is 529. The van der Waals surface area contributed by atoms with E-state index in [4.69, 9.17) is 0 Å². The predicted molar refractivity (Wildman–Crippen MR) is 58.4 cm³/mol. The Hall–Kier alpha value is -2.23. The van der Waals surface area contributed by atoms with E-state index >= 15 is 0 Å². The van der Waals surface area contributed by atoms with Crippen molar-refractivity contribution < 1.29 is 9.59 Å². The van der Waals surface area contributed by atoms with E-state index in [-0.39, 0.29) is 11.7 Å². The van der Waals surface area contributed by atoms with Gasteiger partial charge in [0.2, 0.25) is 5.91 Å². The van der Waals surface area contributed by atoms with E-state index < -0.39 is 0 Å². The molecule has 2 rings (SSSR count). The van der Waals surface area contributed by atoms with Gasteiger partial charge in [-0.05, 0) is 18.2 Å². The van der Waals surface area contributed by atoms with Gasteiger partial charge in [0, 0.05) is 42.8 Å². The molecule has 0 saturated carbocycles. The fraction of sp³-hybridized carbons (Fsp3) is 0.0833. The van der Waals surface area contributed by atoms with Crippen LogP contribution in [0.5, 0.6) is 0 Å². The van der Waals surface area contributed by atoms with Crippen LogP contribution in [0.3, 0.4) is 0 Å². The SMILES string of the molecule is CC(=O)n1ccc(C(=O)c2cccnc2)c1. The number of ketones is 1. The fourth-order valence-electron chi connectivity index (χ4n) is 1.39. The molecule has 0 aliphatic heterocycles. The molecule has 0 aliphatic rings. The van der Waals surface area contributed by atoms with Crippen molar-refractivity contribution in [3.05, 3.63) is 54.1 Å². The molecule has 0 aromatic carbocycles. The van der Waals surface area contributed by atoms with Crippen LogP contribution in [0.4, 0.5) is 0 Å². The van der Waals surface area contributed by atoms with E-state index in [1.165, 1.54) is 23.9 Å². The van der Waals surface area contributed by atoms with Crippen LogP contribution in [0.25, 0.3) is 0 Å². The van der Waals surface area contributed by atoms with Crippen LogP contribution in [0.1, 0.15) is 27.6 Å². The van der Waals surface area contributed by atoms with Gasteiger partial charge in [0.05, 0.1) is 0 Å². The first-order valence-corrected chi connectivity index (χ1v) is 4.82. The molecule has 4 heteroatoms. The highest BCUT2D eigenvalue weighted by molar-refractivity contribution is 6.09. The van der Waals surface area contributed by atoms with Gasteiger partial charge < -0.3 is 0 Å². The molecule has 0 fully saturated rings. The summed E-state index contributed by atoms with van der Waals surface area (Å²) in [6.45, 7) is 1.44. The minimum atomic E-state index is -0.131. The molecule has 2 heterocycles. The van der Waals surface area contributed by atoms with E-state index in [0.29, 0.717) is 11.1 Å². The lowest BCUT2D eigenvalue weighted by Crippen LogP contribution is -2.03. The van der Waals surface area contributed by atoms with Crippen molar-refractivity contribution in [2.75, 3.05) is 0 Å². The Balaban J connectivity index is 2.31. The molecule has 16 heavy (non-hydrogen) atoms. The molecule has 2 aromatic heterocycles. The van der Waals surface area contributed by atoms with Crippen molar-refractivity contribution in [1.82, 2.24) is 9.55 Å². The lowest BCUT2D eigenvalue weighted by atomic mass is 10.1. The van der Waals surface area contributed by atoms with E-state index in [9.17, 15) is 9.59 Å². The summed E-state index contributed by atoms with van der Waals surface area (Å²) >= 11 is 0. The maximum absolute atomic E-state index is 11.9. The molecule has 0 saturated heterocycles. The molecule has 0 unspecified atom stereocenters. The van der Waals surface area contributed by atoms with Gasteiger partial charge in [-0.25, -0.2) is 0 Å². The Morgan fingerprint density at radius 3 is 2.62 bits per heavy atom. The molecule has 4 nitrogen and oxygen atoms in total. The zero-order valence-electron chi connectivity index (χ0n) is 8.75. The van der Waals surface area contributed by atoms with E-state index in [1.54, 1.807) is 30.6 Å². The van der Waals surface area contributed by atoms with Gasteiger partial charge >= 0.3 is 0 Å². The molecular weight excluding hydrogens is 204 g/mol. The van der Waals surface area contributed by atoms with Crippen LogP contribution in [-0.4, -0.2) is 21.2 Å². The zero-order chi connectivity index (χ0) is 11.5. The highest BCUT2D eigenvalue weighted by Crippen LogP contribution is 2.09. The van der Waals surface area contributed by atoms with Gasteiger partial charge in [0.15, 0.2) is 5.78 Å². The molecule has 0 amide bonds. The van der Waals surface area contributed by atoms with Crippen molar-refractivity contribution in [1.29, 1.82) is 0 Å². The van der Waals surface area contributed by atoms with Crippen molar-refractivity contribution in [2.24, 2.45) is 0 Å². The van der Waals surface area contributed by atoms with Crippen molar-refractivity contribution in [3.63, 3.8) is 0 Å². The molecule has 0 atom stereocenters. The lowest BCUT2D eigenvalue weighted by Gasteiger charge is -1.96. The third-order valence-corrected chi connectivity index (χ3v) is 2.24. The second kappa shape index (κ2) is 4.10. The average Bonchev–Trinajstić information content (AvgIpc) is 2.78. The van der Waals surface area contributed by atoms with Gasteiger partial charge in [-0.3, -0.25) is 19.1 Å². The summed E-state index contributed by atoms with van der Waals surface area (Å²) in [5.74, 6) is -0.252. The van der Waals surface area contributed by atoms with E-state index in [0.717, 1.165) is 0 Å². The number of carbonyl (C=O) groups is 2. The van der Waals surface area contributed by atoms with E-state index in [2.05, 4.69) is 4.98 Å². The van der Waals surface area contributed by atoms with Crippen LogP contribution in [0.2, 0.25) is 0 Å². The molecule has 0 radical (unpaired) electrons. The Morgan fingerprint density at radius 2 is 2.06 bits per heavy atom. The summed E-state index contributed by atoms with van der Waals surface area (Å²) < 4.78 is 1.38. The Labute approximate surface area is 92.5 Å². The lowest BCUT2D eigenvalue weighted by molar-refractivity contribution is 0.0937. The molecule has 0 aliphatic carbocycles. The van der Waals surface area contributed by atoms with E-state index in [1.807, 2.05) is 0 Å². The highest BCUT2D eigenvalue weighted by atomic mass is 16.1. The number of aromatic nitrogens is 2. The first-order chi connectivity index (χ1) is 7.68. The molecule has 0 spiro atoms. The minimum Gasteiger partial charge on any atom is -0.294 e. The topological polar surface area (TPSA) is 52.0 Å². The molecule has 80 valence electrons. The number of hydrogen-bond acceptors (Lipinski definition) is 3. The van der Waals surface area contributed by atoms with Crippen LogP contribution in [0, 0.1) is 0 Å². The van der Waals surface area contributed by atoms with Crippen molar-refractivity contribution in [2.45, 2.75) is 6.92 Å². The third-order valence-electron chi connectivity index (χ3n) is 2.24. The molecule has 0 bridgehead atoms. The maximum atomic E-state index is 11.9. The smallest absolute Gasteiger partial charge is 0.227 e. The average molecular weight is 214 g/mol. The van der Waals surface area contributed by atoms with Gasteiger partial charge in [0.1, 0.15) is 0 Å². The summed E-state index contributed by atoms with van der Waals surface area (Å²) in [6, 6.07) is 5.02. The van der Waals surface area contributed by atoms with Crippen LogP contribution in [-0.2, 0) is 0 Å². The number of pyridine rings is 1. The largest absolute Gasteiger partial charge is 0.294 e. The Kier molecular flexibility index (Phi) is 2.64. The normalized spacial score (nSPS) is 10.1. The summed E-state index contributed by atoms with van der Waals surface area (Å²) in [7, 11) is 0. The van der Waals surface area contributed by atoms with Gasteiger partial charge in [0.25, 0.3) is 0 Å². The number of carbonyl (C=O) groups excluding carboxylic acids is 2. The Morgan fingerprint density at radius 1 is 1.25 bits per heavy atom. The summed E-state index contributed by atoms with van der Waals surface area (Å²) in [5.41, 5.74) is 1.01. The van der Waals surface area contributed by atoms with Gasteiger partial charge in [-0.15, -0.1) is 0 Å². The van der Waals surface area contributed by atoms with Crippen molar-refractivity contribution in [3.8, 4) is 0 Å². The number of nitrogens with zero attached hydrogens (tertiary/aromatic N) is 2. The van der Waals surface area contributed by atoms with Crippen LogP contribution >= 0.6 is 0 Å². The summed E-state index contributed by atoms with van der Waals surface area (Å²) in [4.78, 5) is 26.9.